The Morgan fingerprint density at radius 1 is 1.14 bits per heavy atom. The van der Waals surface area contributed by atoms with Crippen molar-refractivity contribution in [2.75, 3.05) is 0 Å². The smallest absolute Gasteiger partial charge is 0.328 e. The summed E-state index contributed by atoms with van der Waals surface area (Å²) in [4.78, 5) is 12.0. The number of phenolic OH excluding ortho intramolecular Hbond substituents is 1. The highest BCUT2D eigenvalue weighted by molar-refractivity contribution is 9.11. The van der Waals surface area contributed by atoms with Gasteiger partial charge in [-0.25, -0.2) is 4.79 Å². The first-order valence-corrected chi connectivity index (χ1v) is 7.74. The largest absolute Gasteiger partial charge is 0.508 e. The lowest BCUT2D eigenvalue weighted by Crippen LogP contribution is -2.36. The van der Waals surface area contributed by atoms with Gasteiger partial charge >= 0.3 is 5.97 Å². The van der Waals surface area contributed by atoms with E-state index in [4.69, 9.17) is 10.5 Å². The molecule has 3 N–H and O–H groups in total. The highest BCUT2D eigenvalue weighted by Gasteiger charge is 2.17. The van der Waals surface area contributed by atoms with Gasteiger partial charge in [0.15, 0.2) is 0 Å². The lowest BCUT2D eigenvalue weighted by molar-refractivity contribution is -0.135. The minimum Gasteiger partial charge on any atom is -0.508 e. The number of ether oxygens (including phenoxy) is 1. The number of hydrogen-bond acceptors (Lipinski definition) is 4. The monoisotopic (exact) mass is 413 g/mol. The molecule has 0 radical (unpaired) electrons. The molecule has 0 heterocycles. The number of hydrogen-bond donors (Lipinski definition) is 2. The zero-order valence-corrected chi connectivity index (χ0v) is 14.1. The number of halogens is 2. The van der Waals surface area contributed by atoms with Gasteiger partial charge in [-0.1, -0.05) is 44.0 Å². The molecule has 1 atom stereocenters. The van der Waals surface area contributed by atoms with Gasteiger partial charge in [0.1, 0.15) is 17.5 Å². The Labute approximate surface area is 139 Å². The van der Waals surface area contributed by atoms with Crippen molar-refractivity contribution in [3.8, 4) is 11.5 Å². The second kappa shape index (κ2) is 7.06. The van der Waals surface area contributed by atoms with Crippen LogP contribution in [0.5, 0.6) is 11.5 Å². The second-order valence-electron chi connectivity index (χ2n) is 4.50. The first-order chi connectivity index (χ1) is 9.94. The molecule has 0 saturated heterocycles. The van der Waals surface area contributed by atoms with Gasteiger partial charge in [0.2, 0.25) is 0 Å². The molecule has 2 rings (SSSR count). The van der Waals surface area contributed by atoms with E-state index in [0.717, 1.165) is 14.5 Å². The van der Waals surface area contributed by atoms with Crippen molar-refractivity contribution < 1.29 is 14.6 Å². The van der Waals surface area contributed by atoms with Gasteiger partial charge in [0.25, 0.3) is 0 Å². The molecule has 0 aliphatic rings. The van der Waals surface area contributed by atoms with Crippen molar-refractivity contribution in [3.63, 3.8) is 0 Å². The highest BCUT2D eigenvalue weighted by Crippen LogP contribution is 2.25. The summed E-state index contributed by atoms with van der Waals surface area (Å²) in [6.07, 6.45) is 0.342. The van der Waals surface area contributed by atoms with Crippen LogP contribution in [0.25, 0.3) is 0 Å². The Balaban J connectivity index is 2.00. The van der Waals surface area contributed by atoms with Gasteiger partial charge in [-0.15, -0.1) is 0 Å². The number of carbonyl (C=O) groups excluding carboxylic acids is 1. The van der Waals surface area contributed by atoms with Crippen molar-refractivity contribution >= 4 is 37.8 Å². The molecule has 21 heavy (non-hydrogen) atoms. The number of phenols is 1. The molecule has 0 saturated carbocycles. The molecular weight excluding hydrogens is 402 g/mol. The molecule has 2 aromatic carbocycles. The molecular formula is C15H13Br2NO3. The third-order valence-corrected chi connectivity index (χ3v) is 3.66. The number of esters is 1. The summed E-state index contributed by atoms with van der Waals surface area (Å²) in [6.45, 7) is 0. The van der Waals surface area contributed by atoms with E-state index in [2.05, 4.69) is 31.9 Å². The van der Waals surface area contributed by atoms with E-state index >= 15 is 0 Å². The molecule has 0 fully saturated rings. The minimum absolute atomic E-state index is 0.175. The number of carbonyl (C=O) groups is 1. The fourth-order valence-electron chi connectivity index (χ4n) is 1.75. The topological polar surface area (TPSA) is 72.5 Å². The fraction of sp³-hybridized carbons (Fsp3) is 0.133. The Morgan fingerprint density at radius 2 is 1.71 bits per heavy atom. The van der Waals surface area contributed by atoms with Gasteiger partial charge in [0.05, 0.1) is 0 Å². The maximum absolute atomic E-state index is 12.0. The number of rotatable bonds is 4. The van der Waals surface area contributed by atoms with Crippen LogP contribution in [0, 0.1) is 0 Å². The zero-order chi connectivity index (χ0) is 15.4. The minimum atomic E-state index is -0.771. The summed E-state index contributed by atoms with van der Waals surface area (Å²) in [5.74, 6) is 0.0874. The maximum atomic E-state index is 12.0. The van der Waals surface area contributed by atoms with Crippen molar-refractivity contribution in [2.24, 2.45) is 5.73 Å². The predicted molar refractivity (Wildman–Crippen MR) is 87.3 cm³/mol. The van der Waals surface area contributed by atoms with E-state index in [0.29, 0.717) is 12.2 Å². The van der Waals surface area contributed by atoms with Crippen LogP contribution in [-0.4, -0.2) is 17.1 Å². The molecule has 110 valence electrons. The molecule has 0 aliphatic heterocycles. The third kappa shape index (κ3) is 4.84. The molecule has 2 aromatic rings. The Kier molecular flexibility index (Phi) is 5.39. The second-order valence-corrected chi connectivity index (χ2v) is 6.33. The fourth-order valence-corrected chi connectivity index (χ4v) is 3.00. The van der Waals surface area contributed by atoms with Crippen LogP contribution >= 0.6 is 31.9 Å². The molecule has 6 heteroatoms. The zero-order valence-electron chi connectivity index (χ0n) is 10.9. The SMILES string of the molecule is N[C@@H](Cc1ccc(O)cc1)C(=O)Oc1cc(Br)cc(Br)c1. The molecule has 0 unspecified atom stereocenters. The summed E-state index contributed by atoms with van der Waals surface area (Å²) in [5.41, 5.74) is 6.71. The maximum Gasteiger partial charge on any atom is 0.328 e. The van der Waals surface area contributed by atoms with Crippen LogP contribution in [0.15, 0.2) is 51.4 Å². The summed E-state index contributed by atoms with van der Waals surface area (Å²) in [7, 11) is 0. The van der Waals surface area contributed by atoms with Crippen molar-refractivity contribution in [3.05, 3.63) is 57.0 Å². The Bertz CT molecular complexity index is 624. The normalized spacial score (nSPS) is 12.0. The lowest BCUT2D eigenvalue weighted by atomic mass is 10.1. The molecule has 0 bridgehead atoms. The summed E-state index contributed by atoms with van der Waals surface area (Å²) >= 11 is 6.65. The van der Waals surface area contributed by atoms with Crippen LogP contribution in [0.1, 0.15) is 5.56 Å². The molecule has 0 aromatic heterocycles. The van der Waals surface area contributed by atoms with Crippen LogP contribution in [0.4, 0.5) is 0 Å². The summed E-state index contributed by atoms with van der Waals surface area (Å²) < 4.78 is 6.86. The quantitative estimate of drug-likeness (QED) is 0.594. The first kappa shape index (κ1) is 16.0. The summed E-state index contributed by atoms with van der Waals surface area (Å²) in [5, 5.41) is 9.22. The average Bonchev–Trinajstić information content (AvgIpc) is 2.40. The predicted octanol–water partition coefficient (Wildman–Crippen LogP) is 3.39. The van der Waals surface area contributed by atoms with Gasteiger partial charge in [-0.2, -0.15) is 0 Å². The van der Waals surface area contributed by atoms with Crippen molar-refractivity contribution in [2.45, 2.75) is 12.5 Å². The van der Waals surface area contributed by atoms with Gasteiger partial charge in [-0.05, 0) is 42.3 Å². The average molecular weight is 415 g/mol. The Morgan fingerprint density at radius 3 is 2.29 bits per heavy atom. The van der Waals surface area contributed by atoms with Crippen LogP contribution in [-0.2, 0) is 11.2 Å². The van der Waals surface area contributed by atoms with Gasteiger partial charge in [-0.3, -0.25) is 0 Å². The molecule has 0 amide bonds. The lowest BCUT2D eigenvalue weighted by Gasteiger charge is -2.12. The van der Waals surface area contributed by atoms with E-state index in [1.807, 2.05) is 6.07 Å². The van der Waals surface area contributed by atoms with Crippen molar-refractivity contribution in [1.29, 1.82) is 0 Å². The van der Waals surface area contributed by atoms with E-state index in [1.54, 1.807) is 36.4 Å². The highest BCUT2D eigenvalue weighted by atomic mass is 79.9. The van der Waals surface area contributed by atoms with E-state index in [-0.39, 0.29) is 5.75 Å². The van der Waals surface area contributed by atoms with Crippen LogP contribution in [0.2, 0.25) is 0 Å². The van der Waals surface area contributed by atoms with Crippen molar-refractivity contribution in [1.82, 2.24) is 0 Å². The first-order valence-electron chi connectivity index (χ1n) is 6.15. The third-order valence-electron chi connectivity index (χ3n) is 2.75. The summed E-state index contributed by atoms with van der Waals surface area (Å²) in [6, 6.07) is 11.0. The number of benzene rings is 2. The molecule has 0 spiro atoms. The standard InChI is InChI=1S/C15H13Br2NO3/c16-10-6-11(17)8-13(7-10)21-15(20)14(18)5-9-1-3-12(19)4-2-9/h1-4,6-8,14,19H,5,18H2/t14-/m0/s1. The molecule has 4 nitrogen and oxygen atoms in total. The van der Waals surface area contributed by atoms with Gasteiger partial charge < -0.3 is 15.6 Å². The van der Waals surface area contributed by atoms with E-state index < -0.39 is 12.0 Å². The molecule has 0 aliphatic carbocycles. The number of aromatic hydroxyl groups is 1. The van der Waals surface area contributed by atoms with Crippen LogP contribution in [0.3, 0.4) is 0 Å². The Hall–Kier alpha value is -1.37. The van der Waals surface area contributed by atoms with Gasteiger partial charge in [0, 0.05) is 8.95 Å². The number of nitrogens with two attached hydrogens (primary N) is 1. The van der Waals surface area contributed by atoms with E-state index in [9.17, 15) is 9.90 Å². The van der Waals surface area contributed by atoms with Crippen LogP contribution < -0.4 is 10.5 Å². The van der Waals surface area contributed by atoms with E-state index in [1.165, 1.54) is 0 Å².